The molecule has 47 heavy (non-hydrogen) atoms. The van der Waals surface area contributed by atoms with Crippen LogP contribution in [0.2, 0.25) is 0 Å². The van der Waals surface area contributed by atoms with Crippen molar-refractivity contribution in [2.75, 3.05) is 23.0 Å². The molecule has 0 radical (unpaired) electrons. The van der Waals surface area contributed by atoms with Crippen molar-refractivity contribution in [3.63, 3.8) is 0 Å². The fraction of sp³-hybridized carbons (Fsp3) is 0.171. The van der Waals surface area contributed by atoms with Gasteiger partial charge in [-0.25, -0.2) is 0 Å². The van der Waals surface area contributed by atoms with Crippen LogP contribution in [0.3, 0.4) is 0 Å². The van der Waals surface area contributed by atoms with Crippen LogP contribution in [0.5, 0.6) is 0 Å². The van der Waals surface area contributed by atoms with Gasteiger partial charge in [-0.2, -0.15) is 21.4 Å². The number of anilines is 1. The van der Waals surface area contributed by atoms with Gasteiger partial charge in [-0.05, 0) is 41.5 Å². The summed E-state index contributed by atoms with van der Waals surface area (Å²) in [5.41, 5.74) is 2.09. The van der Waals surface area contributed by atoms with Gasteiger partial charge in [0.25, 0.3) is 25.2 Å². The van der Waals surface area contributed by atoms with Crippen LogP contribution in [0.15, 0.2) is 119 Å². The molecule has 0 amide bonds. The minimum absolute atomic E-state index is 0.289. The molecule has 5 aromatic rings. The quantitative estimate of drug-likeness (QED) is 0.0774. The molecular formula is C35H33N2O6S4+. The number of hydrogen-bond donors (Lipinski definition) is 2. The summed E-state index contributed by atoms with van der Waals surface area (Å²) in [6.45, 7) is 0.890. The van der Waals surface area contributed by atoms with Gasteiger partial charge in [0.05, 0.1) is 27.6 Å². The van der Waals surface area contributed by atoms with Crippen LogP contribution in [0.4, 0.5) is 5.69 Å². The summed E-state index contributed by atoms with van der Waals surface area (Å²) in [5, 5.41) is 6.32. The van der Waals surface area contributed by atoms with Crippen LogP contribution in [0.25, 0.3) is 37.8 Å². The standard InChI is InChI=1S/C35H32N2O6S4/c38-46(39,40)24-10-22-36-32(44-30-20-18-26-12-6-8-14-28(26)34(30)36)16-4-2-1-3-5-17-33-37(23-11-25-47(41,42)43)35-29-15-9-7-13-27(29)19-21-31(35)45-33/h1-9,12-21H,10-11,22-25H2,(H-,38,39,40,41,42,43)/p+1. The van der Waals surface area contributed by atoms with Crippen molar-refractivity contribution in [2.45, 2.75) is 24.3 Å². The molecule has 6 rings (SSSR count). The maximum absolute atomic E-state index is 11.4. The highest BCUT2D eigenvalue weighted by Crippen LogP contribution is 2.49. The summed E-state index contributed by atoms with van der Waals surface area (Å²) in [6.07, 6.45) is 14.2. The van der Waals surface area contributed by atoms with Crippen molar-refractivity contribution >= 4 is 86.9 Å². The van der Waals surface area contributed by atoms with E-state index in [4.69, 9.17) is 0 Å². The van der Waals surface area contributed by atoms with Crippen LogP contribution in [-0.4, -0.2) is 44.0 Å². The molecule has 1 aromatic heterocycles. The zero-order valence-corrected chi connectivity index (χ0v) is 28.5. The number of allylic oxidation sites excluding steroid dienone is 6. The lowest BCUT2D eigenvalue weighted by Crippen LogP contribution is -2.36. The van der Waals surface area contributed by atoms with E-state index in [2.05, 4.69) is 58.0 Å². The van der Waals surface area contributed by atoms with E-state index >= 15 is 0 Å². The van der Waals surface area contributed by atoms with E-state index < -0.39 is 20.2 Å². The van der Waals surface area contributed by atoms with Gasteiger partial charge in [-0.1, -0.05) is 108 Å². The molecule has 0 fully saturated rings. The van der Waals surface area contributed by atoms with Crippen molar-refractivity contribution in [1.82, 2.24) is 0 Å². The zero-order chi connectivity index (χ0) is 33.0. The topological polar surface area (TPSA) is 116 Å². The first-order valence-electron chi connectivity index (χ1n) is 15.0. The lowest BCUT2D eigenvalue weighted by atomic mass is 10.1. The van der Waals surface area contributed by atoms with Gasteiger partial charge in [0.15, 0.2) is 6.54 Å². The van der Waals surface area contributed by atoms with Crippen molar-refractivity contribution in [3.8, 4) is 0 Å². The zero-order valence-electron chi connectivity index (χ0n) is 25.3. The van der Waals surface area contributed by atoms with E-state index in [0.717, 1.165) is 52.4 Å². The van der Waals surface area contributed by atoms with Crippen molar-refractivity contribution in [3.05, 3.63) is 119 Å². The Morgan fingerprint density at radius 1 is 0.723 bits per heavy atom. The molecule has 2 heterocycles. The Morgan fingerprint density at radius 2 is 1.36 bits per heavy atom. The van der Waals surface area contributed by atoms with E-state index in [1.54, 1.807) is 23.1 Å². The largest absolute Gasteiger partial charge is 0.334 e. The predicted octanol–water partition coefficient (Wildman–Crippen LogP) is 7.63. The van der Waals surface area contributed by atoms with E-state index in [1.165, 1.54) is 0 Å². The number of rotatable bonds is 12. The fourth-order valence-corrected chi connectivity index (χ4v) is 8.94. The second kappa shape index (κ2) is 14.1. The Labute approximate surface area is 282 Å². The predicted molar refractivity (Wildman–Crippen MR) is 194 cm³/mol. The molecular weight excluding hydrogens is 673 g/mol. The van der Waals surface area contributed by atoms with Crippen LogP contribution >= 0.6 is 23.1 Å². The third-order valence-corrected chi connectivity index (χ3v) is 11.6. The smallest absolute Gasteiger partial charge is 0.265 e. The Kier molecular flexibility index (Phi) is 9.97. The summed E-state index contributed by atoms with van der Waals surface area (Å²) in [5.74, 6) is -0.605. The highest BCUT2D eigenvalue weighted by atomic mass is 32.2. The van der Waals surface area contributed by atoms with Gasteiger partial charge in [-0.15, -0.1) is 0 Å². The summed E-state index contributed by atoms with van der Waals surface area (Å²) >= 11 is 3.25. The van der Waals surface area contributed by atoms with Gasteiger partial charge in [0, 0.05) is 29.3 Å². The normalized spacial score (nSPS) is 15.1. The van der Waals surface area contributed by atoms with Gasteiger partial charge < -0.3 is 4.90 Å². The first kappa shape index (κ1) is 33.1. The molecule has 0 saturated heterocycles. The number of aryl methyl sites for hydroxylation is 1. The van der Waals surface area contributed by atoms with Crippen LogP contribution in [0, 0.1) is 0 Å². The summed E-state index contributed by atoms with van der Waals surface area (Å²) in [7, 11) is -8.10. The minimum atomic E-state index is -4.05. The lowest BCUT2D eigenvalue weighted by Gasteiger charge is -2.21. The molecule has 4 aromatic carbocycles. The first-order chi connectivity index (χ1) is 22.6. The highest BCUT2D eigenvalue weighted by molar-refractivity contribution is 8.03. The van der Waals surface area contributed by atoms with Gasteiger partial charge in [-0.3, -0.25) is 9.11 Å². The molecule has 2 N–H and O–H groups in total. The summed E-state index contributed by atoms with van der Waals surface area (Å²) in [4.78, 5) is 3.21. The van der Waals surface area contributed by atoms with E-state index in [9.17, 15) is 25.9 Å². The molecule has 0 unspecified atom stereocenters. The molecule has 0 bridgehead atoms. The van der Waals surface area contributed by atoms with E-state index in [-0.39, 0.29) is 24.3 Å². The lowest BCUT2D eigenvalue weighted by molar-refractivity contribution is -0.667. The molecule has 0 aliphatic carbocycles. The number of thiazole rings is 1. The molecule has 0 atom stereocenters. The molecule has 0 saturated carbocycles. The van der Waals surface area contributed by atoms with E-state index in [0.29, 0.717) is 13.1 Å². The molecule has 1 aliphatic heterocycles. The number of nitrogens with zero attached hydrogens (tertiary/aromatic N) is 2. The highest BCUT2D eigenvalue weighted by Gasteiger charge is 2.27. The van der Waals surface area contributed by atoms with Crippen molar-refractivity contribution < 1.29 is 30.5 Å². The Hall–Kier alpha value is -3.78. The maximum atomic E-state index is 11.4. The van der Waals surface area contributed by atoms with Gasteiger partial charge in [0.2, 0.25) is 5.52 Å². The van der Waals surface area contributed by atoms with Crippen molar-refractivity contribution in [2.24, 2.45) is 0 Å². The third kappa shape index (κ3) is 8.03. The molecule has 0 spiro atoms. The van der Waals surface area contributed by atoms with Crippen LogP contribution in [0.1, 0.15) is 17.8 Å². The number of aromatic nitrogens is 1. The maximum Gasteiger partial charge on any atom is 0.265 e. The number of thioether (sulfide) groups is 1. The minimum Gasteiger partial charge on any atom is -0.334 e. The fourth-order valence-electron chi connectivity index (χ4n) is 5.72. The monoisotopic (exact) mass is 705 g/mol. The van der Waals surface area contributed by atoms with Crippen LogP contribution in [-0.2, 0) is 26.8 Å². The second-order valence-corrected chi connectivity index (χ2v) is 16.3. The Balaban J connectivity index is 1.21. The Morgan fingerprint density at radius 3 is 2.13 bits per heavy atom. The van der Waals surface area contributed by atoms with Gasteiger partial charge >= 0.3 is 0 Å². The molecule has 8 nitrogen and oxygen atoms in total. The van der Waals surface area contributed by atoms with Gasteiger partial charge in [0.1, 0.15) is 4.70 Å². The third-order valence-electron chi connectivity index (χ3n) is 7.72. The van der Waals surface area contributed by atoms with Crippen molar-refractivity contribution in [1.29, 1.82) is 0 Å². The molecule has 12 heteroatoms. The summed E-state index contributed by atoms with van der Waals surface area (Å²) in [6, 6.07) is 24.5. The molecule has 242 valence electrons. The van der Waals surface area contributed by atoms with E-state index in [1.807, 2.05) is 66.8 Å². The number of benzene rings is 4. The first-order valence-corrected chi connectivity index (χ1v) is 19.9. The average molecular weight is 706 g/mol. The number of hydrogen-bond acceptors (Lipinski definition) is 7. The SMILES string of the molecule is O=S(=O)(O)CCCN1C(=CC=CC=CC=Cc2sc3ccc4ccccc4c3[n+]2CCCS(=O)(=O)O)Sc2ccc3ccccc3c21. The summed E-state index contributed by atoms with van der Waals surface area (Å²) < 4.78 is 67.3. The Bertz CT molecular complexity index is 2310. The average Bonchev–Trinajstić information content (AvgIpc) is 3.57. The molecule has 1 aliphatic rings. The number of fused-ring (bicyclic) bond motifs is 6. The van der Waals surface area contributed by atoms with Crippen LogP contribution < -0.4 is 9.47 Å². The second-order valence-electron chi connectivity index (χ2n) is 11.0.